The van der Waals surface area contributed by atoms with E-state index in [2.05, 4.69) is 15.3 Å². The highest BCUT2D eigenvalue weighted by molar-refractivity contribution is 5.94. The van der Waals surface area contributed by atoms with Gasteiger partial charge in [-0.3, -0.25) is 4.79 Å². The molecule has 4 nitrogen and oxygen atoms in total. The number of imidazole rings is 1. The molecule has 1 amide bonds. The third-order valence-corrected chi connectivity index (χ3v) is 3.84. The molecule has 0 fully saturated rings. The van der Waals surface area contributed by atoms with Crippen molar-refractivity contribution in [3.05, 3.63) is 65.5 Å². The highest BCUT2D eigenvalue weighted by atomic mass is 16.1. The number of nitrogens with one attached hydrogen (secondary N) is 2. The summed E-state index contributed by atoms with van der Waals surface area (Å²) in [5, 5.41) is 2.89. The molecular formula is C19H21N3O. The van der Waals surface area contributed by atoms with E-state index in [1.54, 1.807) is 0 Å². The maximum Gasteiger partial charge on any atom is 0.251 e. The quantitative estimate of drug-likeness (QED) is 0.732. The second-order valence-corrected chi connectivity index (χ2v) is 5.65. The van der Waals surface area contributed by atoms with Crippen LogP contribution in [0.5, 0.6) is 0 Å². The second kappa shape index (κ2) is 7.09. The predicted octanol–water partition coefficient (Wildman–Crippen LogP) is 3.49. The smallest absolute Gasteiger partial charge is 0.251 e. The van der Waals surface area contributed by atoms with Gasteiger partial charge >= 0.3 is 0 Å². The number of fused-ring (bicyclic) bond motifs is 1. The molecule has 0 spiro atoms. The third kappa shape index (κ3) is 3.77. The maximum absolute atomic E-state index is 11.9. The Kier molecular flexibility index (Phi) is 4.71. The largest absolute Gasteiger partial charge is 0.352 e. The SMILES string of the molecule is CCCNC(=O)c1ccc(CCc2nc3ccccc3[nH]2)cc1. The Balaban J connectivity index is 1.61. The lowest BCUT2D eigenvalue weighted by molar-refractivity contribution is 0.0953. The fraction of sp³-hybridized carbons (Fsp3) is 0.263. The van der Waals surface area contributed by atoms with E-state index >= 15 is 0 Å². The van der Waals surface area contributed by atoms with Gasteiger partial charge in [0.15, 0.2) is 0 Å². The van der Waals surface area contributed by atoms with Gasteiger partial charge in [0.1, 0.15) is 5.82 Å². The van der Waals surface area contributed by atoms with Crippen LogP contribution in [0.3, 0.4) is 0 Å². The van der Waals surface area contributed by atoms with Gasteiger partial charge in [-0.1, -0.05) is 31.2 Å². The normalized spacial score (nSPS) is 10.8. The van der Waals surface area contributed by atoms with Crippen LogP contribution in [-0.4, -0.2) is 22.4 Å². The molecule has 23 heavy (non-hydrogen) atoms. The number of hydrogen-bond acceptors (Lipinski definition) is 2. The summed E-state index contributed by atoms with van der Waals surface area (Å²) in [6.45, 7) is 2.76. The van der Waals surface area contributed by atoms with Gasteiger partial charge in [-0.2, -0.15) is 0 Å². The zero-order valence-electron chi connectivity index (χ0n) is 13.3. The number of H-pyrrole nitrogens is 1. The first-order valence-corrected chi connectivity index (χ1v) is 8.07. The number of aryl methyl sites for hydroxylation is 2. The van der Waals surface area contributed by atoms with E-state index in [1.165, 1.54) is 5.56 Å². The van der Waals surface area contributed by atoms with Crippen LogP contribution in [0.4, 0.5) is 0 Å². The van der Waals surface area contributed by atoms with Gasteiger partial charge in [-0.05, 0) is 42.7 Å². The van der Waals surface area contributed by atoms with Crippen LogP contribution in [0, 0.1) is 0 Å². The standard InChI is InChI=1S/C19H21N3O/c1-2-13-20-19(23)15-10-7-14(8-11-15)9-12-18-21-16-5-3-4-6-17(16)22-18/h3-8,10-11H,2,9,12-13H2,1H3,(H,20,23)(H,21,22). The lowest BCUT2D eigenvalue weighted by Gasteiger charge is -2.05. The van der Waals surface area contributed by atoms with E-state index in [9.17, 15) is 4.79 Å². The minimum atomic E-state index is -0.00400. The van der Waals surface area contributed by atoms with Gasteiger partial charge in [0.05, 0.1) is 11.0 Å². The van der Waals surface area contributed by atoms with Crippen LogP contribution < -0.4 is 5.32 Å². The Morgan fingerprint density at radius 3 is 2.61 bits per heavy atom. The summed E-state index contributed by atoms with van der Waals surface area (Å²) in [5.74, 6) is 0.992. The summed E-state index contributed by atoms with van der Waals surface area (Å²) in [4.78, 5) is 19.8. The fourth-order valence-electron chi connectivity index (χ4n) is 2.55. The van der Waals surface area contributed by atoms with Crippen molar-refractivity contribution in [3.63, 3.8) is 0 Å². The van der Waals surface area contributed by atoms with E-state index in [0.29, 0.717) is 12.1 Å². The molecule has 0 saturated carbocycles. The van der Waals surface area contributed by atoms with Crippen molar-refractivity contribution in [3.8, 4) is 0 Å². The number of benzene rings is 2. The summed E-state index contributed by atoms with van der Waals surface area (Å²) in [5.41, 5.74) is 4.00. The van der Waals surface area contributed by atoms with Crippen LogP contribution >= 0.6 is 0 Å². The molecule has 0 bridgehead atoms. The molecule has 4 heteroatoms. The van der Waals surface area contributed by atoms with Crippen molar-refractivity contribution in [2.45, 2.75) is 26.2 Å². The van der Waals surface area contributed by atoms with Crippen LogP contribution in [0.2, 0.25) is 0 Å². The molecule has 0 radical (unpaired) electrons. The molecule has 0 unspecified atom stereocenters. The highest BCUT2D eigenvalue weighted by Gasteiger charge is 2.05. The van der Waals surface area contributed by atoms with Gasteiger partial charge < -0.3 is 10.3 Å². The molecule has 0 aliphatic heterocycles. The van der Waals surface area contributed by atoms with Gasteiger partial charge in [0.25, 0.3) is 5.91 Å². The number of rotatable bonds is 6. The first-order chi connectivity index (χ1) is 11.3. The Morgan fingerprint density at radius 2 is 1.87 bits per heavy atom. The summed E-state index contributed by atoms with van der Waals surface area (Å²) in [6.07, 6.45) is 2.70. The van der Waals surface area contributed by atoms with Crippen molar-refractivity contribution < 1.29 is 4.79 Å². The van der Waals surface area contributed by atoms with E-state index in [-0.39, 0.29) is 5.91 Å². The average molecular weight is 307 g/mol. The van der Waals surface area contributed by atoms with Crippen LogP contribution in [0.25, 0.3) is 11.0 Å². The number of nitrogens with zero attached hydrogens (tertiary/aromatic N) is 1. The summed E-state index contributed by atoms with van der Waals surface area (Å²) >= 11 is 0. The zero-order chi connectivity index (χ0) is 16.1. The lowest BCUT2D eigenvalue weighted by atomic mass is 10.1. The summed E-state index contributed by atoms with van der Waals surface area (Å²) < 4.78 is 0. The Labute approximate surface area is 136 Å². The topological polar surface area (TPSA) is 57.8 Å². The number of aromatic amines is 1. The molecule has 3 aromatic rings. The molecule has 0 aliphatic carbocycles. The van der Waals surface area contributed by atoms with Gasteiger partial charge in [0.2, 0.25) is 0 Å². The molecule has 0 atom stereocenters. The van der Waals surface area contributed by atoms with Crippen molar-refractivity contribution in [2.24, 2.45) is 0 Å². The Morgan fingerprint density at radius 1 is 1.09 bits per heavy atom. The van der Waals surface area contributed by atoms with E-state index < -0.39 is 0 Å². The van der Waals surface area contributed by atoms with E-state index in [1.807, 2.05) is 55.5 Å². The predicted molar refractivity (Wildman–Crippen MR) is 92.6 cm³/mol. The molecule has 1 aromatic heterocycles. The van der Waals surface area contributed by atoms with Crippen molar-refractivity contribution in [1.29, 1.82) is 0 Å². The molecule has 1 heterocycles. The average Bonchev–Trinajstić information content (AvgIpc) is 3.01. The number of carbonyl (C=O) groups is 1. The lowest BCUT2D eigenvalue weighted by Crippen LogP contribution is -2.23. The number of para-hydroxylation sites is 2. The van der Waals surface area contributed by atoms with Crippen molar-refractivity contribution in [2.75, 3.05) is 6.54 Å². The fourth-order valence-corrected chi connectivity index (χ4v) is 2.55. The maximum atomic E-state index is 11.9. The minimum Gasteiger partial charge on any atom is -0.352 e. The Hall–Kier alpha value is -2.62. The molecular weight excluding hydrogens is 286 g/mol. The zero-order valence-corrected chi connectivity index (χ0v) is 13.3. The molecule has 2 N–H and O–H groups in total. The number of aromatic nitrogens is 2. The second-order valence-electron chi connectivity index (χ2n) is 5.65. The first-order valence-electron chi connectivity index (χ1n) is 8.07. The molecule has 3 rings (SSSR count). The highest BCUT2D eigenvalue weighted by Crippen LogP contribution is 2.13. The minimum absolute atomic E-state index is 0.00400. The molecule has 2 aromatic carbocycles. The van der Waals surface area contributed by atoms with Gasteiger partial charge in [-0.15, -0.1) is 0 Å². The third-order valence-electron chi connectivity index (χ3n) is 3.84. The van der Waals surface area contributed by atoms with Gasteiger partial charge in [-0.25, -0.2) is 4.98 Å². The molecule has 0 aliphatic rings. The van der Waals surface area contributed by atoms with Crippen molar-refractivity contribution >= 4 is 16.9 Å². The van der Waals surface area contributed by atoms with E-state index in [0.717, 1.165) is 36.1 Å². The number of amides is 1. The van der Waals surface area contributed by atoms with E-state index in [4.69, 9.17) is 0 Å². The van der Waals surface area contributed by atoms with Crippen LogP contribution in [0.1, 0.15) is 35.1 Å². The van der Waals surface area contributed by atoms with Gasteiger partial charge in [0, 0.05) is 18.5 Å². The monoisotopic (exact) mass is 307 g/mol. The molecule has 118 valence electrons. The molecule has 0 saturated heterocycles. The number of hydrogen-bond donors (Lipinski definition) is 2. The number of carbonyl (C=O) groups excluding carboxylic acids is 1. The van der Waals surface area contributed by atoms with Crippen LogP contribution in [-0.2, 0) is 12.8 Å². The summed E-state index contributed by atoms with van der Waals surface area (Å²) in [7, 11) is 0. The Bertz CT molecular complexity index is 757. The summed E-state index contributed by atoms with van der Waals surface area (Å²) in [6, 6.07) is 15.9. The van der Waals surface area contributed by atoms with Crippen LogP contribution in [0.15, 0.2) is 48.5 Å². The van der Waals surface area contributed by atoms with Crippen molar-refractivity contribution in [1.82, 2.24) is 15.3 Å². The first kappa shape index (κ1) is 15.3.